The Morgan fingerprint density at radius 2 is 1.18 bits per heavy atom. The number of nitrogens with two attached hydrogens (primary N) is 6. The Morgan fingerprint density at radius 3 is 1.68 bits per heavy atom. The highest BCUT2D eigenvalue weighted by atomic mass is 16.4. The van der Waals surface area contributed by atoms with Crippen molar-refractivity contribution in [2.45, 2.75) is 69.1 Å². The number of nitrogens with zero attached hydrogens (tertiary/aromatic N) is 2. The Bertz CT molecular complexity index is 1180. The topological polar surface area (TPSA) is 343 Å². The Kier molecular flexibility index (Phi) is 16.0. The number of carbonyl (C=O) groups excluding carboxylic acids is 4. The molecule has 0 aliphatic heterocycles. The van der Waals surface area contributed by atoms with Crippen molar-refractivity contribution in [2.75, 3.05) is 13.1 Å². The Balaban J connectivity index is 3.17. The minimum atomic E-state index is -1.32. The van der Waals surface area contributed by atoms with Gasteiger partial charge in [0.05, 0.1) is 6.04 Å². The minimum absolute atomic E-state index is 0.00472. The second-order valence-corrected chi connectivity index (χ2v) is 9.90. The van der Waals surface area contributed by atoms with Crippen molar-refractivity contribution >= 4 is 41.5 Å². The van der Waals surface area contributed by atoms with Gasteiger partial charge in [0.15, 0.2) is 11.9 Å². The van der Waals surface area contributed by atoms with Crippen LogP contribution in [0.2, 0.25) is 0 Å². The van der Waals surface area contributed by atoms with E-state index < -0.39 is 53.8 Å². The van der Waals surface area contributed by atoms with E-state index in [4.69, 9.17) is 34.4 Å². The molecule has 0 heterocycles. The van der Waals surface area contributed by atoms with Crippen molar-refractivity contribution in [3.05, 3.63) is 29.8 Å². The molecule has 18 heteroatoms. The fourth-order valence-corrected chi connectivity index (χ4v) is 3.86. The van der Waals surface area contributed by atoms with Crippen LogP contribution in [0, 0.1) is 0 Å². The van der Waals surface area contributed by atoms with Crippen LogP contribution in [0.25, 0.3) is 0 Å². The van der Waals surface area contributed by atoms with E-state index in [1.165, 1.54) is 24.3 Å². The van der Waals surface area contributed by atoms with Crippen molar-refractivity contribution in [3.63, 3.8) is 0 Å². The van der Waals surface area contributed by atoms with Gasteiger partial charge in [-0.2, -0.15) is 0 Å². The number of rotatable bonds is 20. The van der Waals surface area contributed by atoms with E-state index in [2.05, 4.69) is 25.9 Å². The van der Waals surface area contributed by atoms with Crippen LogP contribution in [0.15, 0.2) is 34.3 Å². The summed E-state index contributed by atoms with van der Waals surface area (Å²) in [6, 6.07) is 0.875. The Morgan fingerprint density at radius 1 is 0.705 bits per heavy atom. The van der Waals surface area contributed by atoms with E-state index in [0.717, 1.165) is 0 Å². The lowest BCUT2D eigenvalue weighted by Crippen LogP contribution is -2.57. The lowest BCUT2D eigenvalue weighted by Gasteiger charge is -2.25. The number of guanidine groups is 2. The van der Waals surface area contributed by atoms with Crippen LogP contribution in [0.4, 0.5) is 0 Å². The largest absolute Gasteiger partial charge is 0.508 e. The fourth-order valence-electron chi connectivity index (χ4n) is 3.86. The zero-order chi connectivity index (χ0) is 33.2. The second-order valence-electron chi connectivity index (χ2n) is 9.90. The van der Waals surface area contributed by atoms with E-state index in [1.807, 2.05) is 0 Å². The number of nitrogens with one attached hydrogen (secondary N) is 3. The van der Waals surface area contributed by atoms with Crippen molar-refractivity contribution < 1.29 is 34.2 Å². The molecule has 1 rings (SSSR count). The number of phenolic OH excluding ortho intramolecular Hbond substituents is 1. The van der Waals surface area contributed by atoms with Crippen LogP contribution in [-0.4, -0.2) is 89.0 Å². The molecule has 0 aliphatic carbocycles. The second kappa shape index (κ2) is 19.1. The Hall–Kier alpha value is -5.13. The molecule has 4 amide bonds. The predicted octanol–water partition coefficient (Wildman–Crippen LogP) is -3.83. The van der Waals surface area contributed by atoms with Crippen molar-refractivity contribution in [3.8, 4) is 5.75 Å². The summed E-state index contributed by atoms with van der Waals surface area (Å²) < 4.78 is 0. The molecule has 18 nitrogen and oxygen atoms in total. The molecule has 4 unspecified atom stereocenters. The molecule has 0 radical (unpaired) electrons. The average Bonchev–Trinajstić information content (AvgIpc) is 2.94. The lowest BCUT2D eigenvalue weighted by molar-refractivity contribution is -0.142. The number of carboxylic acid groups (broad SMARTS) is 1. The summed E-state index contributed by atoms with van der Waals surface area (Å²) in [7, 11) is 0. The summed E-state index contributed by atoms with van der Waals surface area (Å²) in [4.78, 5) is 70.1. The molecular weight excluding hydrogens is 578 g/mol. The van der Waals surface area contributed by atoms with Crippen molar-refractivity contribution in [2.24, 2.45) is 44.4 Å². The number of carboxylic acids is 1. The average molecular weight is 622 g/mol. The lowest BCUT2D eigenvalue weighted by atomic mass is 10.0. The molecule has 0 saturated carbocycles. The first-order valence-electron chi connectivity index (χ1n) is 13.8. The van der Waals surface area contributed by atoms with Gasteiger partial charge in [0.1, 0.15) is 23.9 Å². The first kappa shape index (κ1) is 36.9. The van der Waals surface area contributed by atoms with Gasteiger partial charge in [0, 0.05) is 25.9 Å². The van der Waals surface area contributed by atoms with Gasteiger partial charge in [-0.25, -0.2) is 4.79 Å². The molecule has 0 fully saturated rings. The Labute approximate surface area is 254 Å². The third kappa shape index (κ3) is 15.2. The minimum Gasteiger partial charge on any atom is -0.508 e. The van der Waals surface area contributed by atoms with Crippen LogP contribution in [0.1, 0.15) is 44.1 Å². The summed E-state index contributed by atoms with van der Waals surface area (Å²) in [6.07, 6.45) is 0.189. The van der Waals surface area contributed by atoms with Crippen LogP contribution < -0.4 is 50.4 Å². The van der Waals surface area contributed by atoms with Crippen molar-refractivity contribution in [1.82, 2.24) is 16.0 Å². The maximum absolute atomic E-state index is 13.5. The summed E-state index contributed by atoms with van der Waals surface area (Å²) in [5, 5.41) is 26.8. The number of aliphatic imine (C=N–C) groups is 2. The molecule has 0 bridgehead atoms. The quantitative estimate of drug-likeness (QED) is 0.0379. The maximum atomic E-state index is 13.5. The molecule has 4 atom stereocenters. The molecule has 0 aliphatic rings. The third-order valence-electron chi connectivity index (χ3n) is 6.19. The van der Waals surface area contributed by atoms with Gasteiger partial charge in [-0.3, -0.25) is 29.2 Å². The highest BCUT2D eigenvalue weighted by Gasteiger charge is 2.30. The number of hydrogen-bond donors (Lipinski definition) is 11. The van der Waals surface area contributed by atoms with Gasteiger partial charge < -0.3 is 60.6 Å². The zero-order valence-corrected chi connectivity index (χ0v) is 24.3. The van der Waals surface area contributed by atoms with Gasteiger partial charge in [-0.1, -0.05) is 12.1 Å². The number of phenols is 1. The number of amides is 4. The van der Waals surface area contributed by atoms with Gasteiger partial charge in [-0.15, -0.1) is 0 Å². The summed E-state index contributed by atoms with van der Waals surface area (Å²) >= 11 is 0. The normalized spacial score (nSPS) is 13.3. The molecule has 0 saturated heterocycles. The third-order valence-corrected chi connectivity index (χ3v) is 6.19. The van der Waals surface area contributed by atoms with E-state index in [9.17, 15) is 34.2 Å². The smallest absolute Gasteiger partial charge is 0.326 e. The number of hydrogen-bond acceptors (Lipinski definition) is 9. The van der Waals surface area contributed by atoms with E-state index in [0.29, 0.717) is 5.56 Å². The molecule has 44 heavy (non-hydrogen) atoms. The van der Waals surface area contributed by atoms with Crippen LogP contribution >= 0.6 is 0 Å². The SMILES string of the molecule is NC(=O)CCC(N)C(=O)NC(Cc1ccc(O)cc1)C(=O)NC(CCCN=C(N)N)C(=O)NC(CCCN=C(N)N)C(=O)O. The molecule has 0 spiro atoms. The highest BCUT2D eigenvalue weighted by Crippen LogP contribution is 2.12. The van der Waals surface area contributed by atoms with Gasteiger partial charge >= 0.3 is 5.97 Å². The molecule has 1 aromatic carbocycles. The molecule has 17 N–H and O–H groups in total. The monoisotopic (exact) mass is 621 g/mol. The maximum Gasteiger partial charge on any atom is 0.326 e. The number of benzene rings is 1. The van der Waals surface area contributed by atoms with Crippen LogP contribution in [-0.2, 0) is 30.4 Å². The van der Waals surface area contributed by atoms with Gasteiger partial charge in [0.2, 0.25) is 23.6 Å². The number of aromatic hydroxyl groups is 1. The van der Waals surface area contributed by atoms with Crippen LogP contribution in [0.5, 0.6) is 5.75 Å². The van der Waals surface area contributed by atoms with E-state index in [1.54, 1.807) is 0 Å². The molecular formula is C26H43N11O7. The fraction of sp³-hybridized carbons (Fsp3) is 0.500. The summed E-state index contributed by atoms with van der Waals surface area (Å²) in [5.41, 5.74) is 32.8. The number of aliphatic carboxylic acids is 1. The first-order chi connectivity index (χ1) is 20.7. The first-order valence-corrected chi connectivity index (χ1v) is 13.8. The van der Waals surface area contributed by atoms with Gasteiger partial charge in [0.25, 0.3) is 0 Å². The van der Waals surface area contributed by atoms with E-state index >= 15 is 0 Å². The van der Waals surface area contributed by atoms with Crippen LogP contribution in [0.3, 0.4) is 0 Å². The number of primary amides is 1. The standard InChI is InChI=1S/C26H43N11O7/c27-16(9-10-20(28)39)21(40)37-19(13-14-5-7-15(38)8-6-14)23(42)35-17(3-1-11-33-25(29)30)22(41)36-18(24(43)44)4-2-12-34-26(31)32/h5-8,16-19,38H,1-4,9-13,27H2,(H2,28,39)(H,35,42)(H,36,41)(H,37,40)(H,43,44)(H4,29,30,33)(H4,31,32,34). The van der Waals surface area contributed by atoms with Crippen molar-refractivity contribution in [1.29, 1.82) is 0 Å². The zero-order valence-electron chi connectivity index (χ0n) is 24.3. The number of carbonyl (C=O) groups is 5. The molecule has 1 aromatic rings. The summed E-state index contributed by atoms with van der Waals surface area (Å²) in [6.45, 7) is 0.256. The predicted molar refractivity (Wildman–Crippen MR) is 161 cm³/mol. The molecule has 0 aromatic heterocycles. The van der Waals surface area contributed by atoms with E-state index in [-0.39, 0.29) is 75.7 Å². The molecule has 244 valence electrons. The highest BCUT2D eigenvalue weighted by molar-refractivity contribution is 5.94. The summed E-state index contributed by atoms with van der Waals surface area (Å²) in [5.74, 6) is -4.64. The van der Waals surface area contributed by atoms with Gasteiger partial charge in [-0.05, 0) is 49.8 Å².